The zero-order valence-electron chi connectivity index (χ0n) is 11.2. The van der Waals surface area contributed by atoms with E-state index in [1.54, 1.807) is 0 Å². The lowest BCUT2D eigenvalue weighted by atomic mass is 9.90. The van der Waals surface area contributed by atoms with Crippen LogP contribution in [0, 0.1) is 5.92 Å². The Morgan fingerprint density at radius 1 is 1.28 bits per heavy atom. The summed E-state index contributed by atoms with van der Waals surface area (Å²) in [4.78, 5) is 6.49. The van der Waals surface area contributed by atoms with Crippen molar-refractivity contribution < 1.29 is 0 Å². The minimum atomic E-state index is 0.718. The van der Waals surface area contributed by atoms with E-state index in [0.717, 1.165) is 31.5 Å². The normalized spacial score (nSPS) is 18.1. The highest BCUT2D eigenvalue weighted by Crippen LogP contribution is 2.21. The molecule has 1 aromatic carbocycles. The standard InChI is InChI=1S/C15H23N3/c1-2-17-15(16)18-10-8-14(9-11-18)12-13-6-4-3-5-7-13/h3-7,14H,2,8-12H2,1H3,(H2,16,17). The summed E-state index contributed by atoms with van der Waals surface area (Å²) in [5, 5.41) is 0. The van der Waals surface area contributed by atoms with Crippen LogP contribution in [0.3, 0.4) is 0 Å². The number of hydrogen-bond donors (Lipinski definition) is 1. The van der Waals surface area contributed by atoms with Gasteiger partial charge in [0.25, 0.3) is 0 Å². The highest BCUT2D eigenvalue weighted by molar-refractivity contribution is 5.78. The number of piperidine rings is 1. The van der Waals surface area contributed by atoms with Crippen LogP contribution >= 0.6 is 0 Å². The van der Waals surface area contributed by atoms with Gasteiger partial charge >= 0.3 is 0 Å². The first-order valence-corrected chi connectivity index (χ1v) is 6.88. The van der Waals surface area contributed by atoms with Crippen molar-refractivity contribution in [2.45, 2.75) is 26.2 Å². The number of benzene rings is 1. The van der Waals surface area contributed by atoms with Gasteiger partial charge in [-0.25, -0.2) is 0 Å². The van der Waals surface area contributed by atoms with Crippen LogP contribution in [-0.4, -0.2) is 30.5 Å². The molecule has 0 saturated carbocycles. The van der Waals surface area contributed by atoms with Crippen molar-refractivity contribution in [3.05, 3.63) is 35.9 Å². The Morgan fingerprint density at radius 3 is 2.56 bits per heavy atom. The molecule has 0 radical (unpaired) electrons. The maximum absolute atomic E-state index is 5.93. The molecule has 0 aliphatic carbocycles. The van der Waals surface area contributed by atoms with E-state index in [1.807, 2.05) is 6.92 Å². The highest BCUT2D eigenvalue weighted by Gasteiger charge is 2.20. The first-order valence-electron chi connectivity index (χ1n) is 6.88. The lowest BCUT2D eigenvalue weighted by Gasteiger charge is -2.32. The van der Waals surface area contributed by atoms with Gasteiger partial charge in [-0.05, 0) is 37.7 Å². The molecule has 98 valence electrons. The Balaban J connectivity index is 1.82. The van der Waals surface area contributed by atoms with Gasteiger partial charge in [0, 0.05) is 19.6 Å². The van der Waals surface area contributed by atoms with E-state index >= 15 is 0 Å². The van der Waals surface area contributed by atoms with Gasteiger partial charge in [0.2, 0.25) is 0 Å². The molecule has 0 bridgehead atoms. The van der Waals surface area contributed by atoms with Crippen LogP contribution in [0.5, 0.6) is 0 Å². The molecule has 3 heteroatoms. The number of aliphatic imine (C=N–C) groups is 1. The van der Waals surface area contributed by atoms with E-state index < -0.39 is 0 Å². The third kappa shape index (κ3) is 3.49. The lowest BCUT2D eigenvalue weighted by molar-refractivity contribution is 0.263. The fourth-order valence-electron chi connectivity index (χ4n) is 2.58. The Bertz CT molecular complexity index is 378. The predicted molar refractivity (Wildman–Crippen MR) is 76.6 cm³/mol. The molecule has 1 aromatic rings. The van der Waals surface area contributed by atoms with E-state index in [1.165, 1.54) is 24.8 Å². The van der Waals surface area contributed by atoms with Crippen molar-refractivity contribution in [3.8, 4) is 0 Å². The van der Waals surface area contributed by atoms with E-state index in [0.29, 0.717) is 0 Å². The van der Waals surface area contributed by atoms with Gasteiger partial charge in [-0.15, -0.1) is 0 Å². The van der Waals surface area contributed by atoms with E-state index in [2.05, 4.69) is 40.2 Å². The minimum Gasteiger partial charge on any atom is -0.370 e. The maximum Gasteiger partial charge on any atom is 0.191 e. The molecule has 0 atom stereocenters. The SMILES string of the molecule is CCN=C(N)N1CCC(Cc2ccccc2)CC1. The number of rotatable bonds is 3. The van der Waals surface area contributed by atoms with Crippen molar-refractivity contribution in [3.63, 3.8) is 0 Å². The van der Waals surface area contributed by atoms with Crippen molar-refractivity contribution in [2.75, 3.05) is 19.6 Å². The fourth-order valence-corrected chi connectivity index (χ4v) is 2.58. The zero-order valence-corrected chi connectivity index (χ0v) is 11.2. The number of hydrogen-bond acceptors (Lipinski definition) is 1. The molecule has 18 heavy (non-hydrogen) atoms. The van der Waals surface area contributed by atoms with Crippen molar-refractivity contribution in [1.29, 1.82) is 0 Å². The molecular formula is C15H23N3. The summed E-state index contributed by atoms with van der Waals surface area (Å²) in [6.45, 7) is 4.89. The Hall–Kier alpha value is -1.51. The second-order valence-corrected chi connectivity index (χ2v) is 4.95. The molecule has 3 nitrogen and oxygen atoms in total. The molecule has 1 saturated heterocycles. The van der Waals surface area contributed by atoms with Crippen molar-refractivity contribution >= 4 is 5.96 Å². The summed E-state index contributed by atoms with van der Waals surface area (Å²) in [5.41, 5.74) is 7.38. The average molecular weight is 245 g/mol. The van der Waals surface area contributed by atoms with Gasteiger partial charge in [0.1, 0.15) is 0 Å². The Kier molecular flexibility index (Phi) is 4.62. The van der Waals surface area contributed by atoms with Gasteiger partial charge in [0.05, 0.1) is 0 Å². The van der Waals surface area contributed by atoms with E-state index in [9.17, 15) is 0 Å². The number of nitrogens with zero attached hydrogens (tertiary/aromatic N) is 2. The molecule has 1 heterocycles. The largest absolute Gasteiger partial charge is 0.370 e. The molecule has 1 aliphatic heterocycles. The van der Waals surface area contributed by atoms with Crippen LogP contribution in [0.25, 0.3) is 0 Å². The Morgan fingerprint density at radius 2 is 1.94 bits per heavy atom. The number of guanidine groups is 1. The second-order valence-electron chi connectivity index (χ2n) is 4.95. The number of nitrogens with two attached hydrogens (primary N) is 1. The van der Waals surface area contributed by atoms with Crippen LogP contribution in [0.15, 0.2) is 35.3 Å². The third-order valence-electron chi connectivity index (χ3n) is 3.63. The van der Waals surface area contributed by atoms with Crippen molar-refractivity contribution in [1.82, 2.24) is 4.90 Å². The quantitative estimate of drug-likeness (QED) is 0.655. The molecule has 2 N–H and O–H groups in total. The van der Waals surface area contributed by atoms with Crippen LogP contribution < -0.4 is 5.73 Å². The molecule has 1 fully saturated rings. The summed E-state index contributed by atoms with van der Waals surface area (Å²) in [7, 11) is 0. The molecular weight excluding hydrogens is 222 g/mol. The molecule has 0 unspecified atom stereocenters. The van der Waals surface area contributed by atoms with Gasteiger partial charge in [0.15, 0.2) is 5.96 Å². The summed E-state index contributed by atoms with van der Waals surface area (Å²) in [6.07, 6.45) is 3.63. The smallest absolute Gasteiger partial charge is 0.191 e. The molecule has 2 rings (SSSR count). The zero-order chi connectivity index (χ0) is 12.8. The van der Waals surface area contributed by atoms with Gasteiger partial charge in [-0.1, -0.05) is 30.3 Å². The van der Waals surface area contributed by atoms with Crippen LogP contribution in [0.1, 0.15) is 25.3 Å². The fraction of sp³-hybridized carbons (Fsp3) is 0.533. The molecule has 0 amide bonds. The van der Waals surface area contributed by atoms with Crippen molar-refractivity contribution in [2.24, 2.45) is 16.6 Å². The third-order valence-corrected chi connectivity index (χ3v) is 3.63. The highest BCUT2D eigenvalue weighted by atomic mass is 15.2. The van der Waals surface area contributed by atoms with Crippen LogP contribution in [0.4, 0.5) is 0 Å². The van der Waals surface area contributed by atoms with Gasteiger partial charge < -0.3 is 10.6 Å². The summed E-state index contributed by atoms with van der Waals surface area (Å²) < 4.78 is 0. The topological polar surface area (TPSA) is 41.6 Å². The predicted octanol–water partition coefficient (Wildman–Crippen LogP) is 2.28. The lowest BCUT2D eigenvalue weighted by Crippen LogP contribution is -2.43. The first-order chi connectivity index (χ1) is 8.79. The molecule has 0 spiro atoms. The minimum absolute atomic E-state index is 0.718. The molecule has 1 aliphatic rings. The monoisotopic (exact) mass is 245 g/mol. The summed E-state index contributed by atoms with van der Waals surface area (Å²) in [6, 6.07) is 10.8. The average Bonchev–Trinajstić information content (AvgIpc) is 2.41. The van der Waals surface area contributed by atoms with E-state index in [4.69, 9.17) is 5.73 Å². The van der Waals surface area contributed by atoms with Gasteiger partial charge in [-0.2, -0.15) is 0 Å². The van der Waals surface area contributed by atoms with Crippen LogP contribution in [0.2, 0.25) is 0 Å². The van der Waals surface area contributed by atoms with E-state index in [-0.39, 0.29) is 0 Å². The second kappa shape index (κ2) is 6.43. The number of likely N-dealkylation sites (tertiary alicyclic amines) is 1. The first kappa shape index (κ1) is 12.9. The molecule has 0 aromatic heterocycles. The van der Waals surface area contributed by atoms with Gasteiger partial charge in [-0.3, -0.25) is 4.99 Å². The van der Waals surface area contributed by atoms with Crippen LogP contribution in [-0.2, 0) is 6.42 Å². The Labute approximate surface area is 110 Å². The summed E-state index contributed by atoms with van der Waals surface area (Å²) in [5.74, 6) is 1.51. The summed E-state index contributed by atoms with van der Waals surface area (Å²) >= 11 is 0. The maximum atomic E-state index is 5.93.